The van der Waals surface area contributed by atoms with Crippen LogP contribution in [0.25, 0.3) is 0 Å². The average molecular weight is 238 g/mol. The molecule has 2 atom stereocenters. The van der Waals surface area contributed by atoms with Crippen molar-refractivity contribution in [3.8, 4) is 5.75 Å². The lowest BCUT2D eigenvalue weighted by molar-refractivity contribution is -0.0512. The van der Waals surface area contributed by atoms with Gasteiger partial charge in [0.1, 0.15) is 6.33 Å². The number of nitrogen functional groups attached to an aromatic ring is 1. The molecule has 0 saturated heterocycles. The minimum absolute atomic E-state index is 0.153. The van der Waals surface area contributed by atoms with E-state index in [1.54, 1.807) is 0 Å². The van der Waals surface area contributed by atoms with Crippen LogP contribution in [0, 0.1) is 5.41 Å². The molecule has 2 unspecified atom stereocenters. The van der Waals surface area contributed by atoms with Gasteiger partial charge in [-0.25, -0.2) is 9.97 Å². The van der Waals surface area contributed by atoms with Gasteiger partial charge >= 0.3 is 0 Å². The van der Waals surface area contributed by atoms with E-state index in [4.69, 9.17) is 10.5 Å². The van der Waals surface area contributed by atoms with Gasteiger partial charge in [0.05, 0.1) is 13.2 Å². The third-order valence-corrected chi connectivity index (χ3v) is 3.56. The number of ether oxygens (including phenoxy) is 1. The zero-order chi connectivity index (χ0) is 12.6. The molecular formula is C11H18N4O2. The predicted octanol–water partition coefficient (Wildman–Crippen LogP) is 0.639. The summed E-state index contributed by atoms with van der Waals surface area (Å²) in [6, 6.07) is 0.153. The van der Waals surface area contributed by atoms with Crippen molar-refractivity contribution < 1.29 is 9.84 Å². The van der Waals surface area contributed by atoms with Crippen LogP contribution in [0.5, 0.6) is 5.75 Å². The maximum Gasteiger partial charge on any atom is 0.203 e. The van der Waals surface area contributed by atoms with Crippen molar-refractivity contribution in [2.45, 2.75) is 32.4 Å². The summed E-state index contributed by atoms with van der Waals surface area (Å²) in [6.07, 6.45) is 1.80. The molecule has 0 aromatic carbocycles. The van der Waals surface area contributed by atoms with Gasteiger partial charge in [0.15, 0.2) is 11.6 Å². The number of anilines is 2. The van der Waals surface area contributed by atoms with Gasteiger partial charge in [0.25, 0.3) is 0 Å². The number of aliphatic hydroxyl groups excluding tert-OH is 1. The monoisotopic (exact) mass is 238 g/mol. The summed E-state index contributed by atoms with van der Waals surface area (Å²) in [4.78, 5) is 7.98. The summed E-state index contributed by atoms with van der Waals surface area (Å²) in [5.74, 6) is 1.33. The van der Waals surface area contributed by atoms with Crippen LogP contribution in [-0.2, 0) is 0 Å². The Morgan fingerprint density at radius 3 is 2.76 bits per heavy atom. The van der Waals surface area contributed by atoms with Crippen LogP contribution in [0.2, 0.25) is 0 Å². The fraction of sp³-hybridized carbons (Fsp3) is 0.636. The molecule has 4 N–H and O–H groups in total. The first-order valence-electron chi connectivity index (χ1n) is 5.56. The molecular weight excluding hydrogens is 220 g/mol. The highest BCUT2D eigenvalue weighted by Gasteiger charge is 2.47. The van der Waals surface area contributed by atoms with E-state index < -0.39 is 0 Å². The molecule has 94 valence electrons. The number of aliphatic hydroxyl groups is 1. The third kappa shape index (κ3) is 1.88. The number of rotatable bonds is 3. The van der Waals surface area contributed by atoms with E-state index in [0.717, 1.165) is 0 Å². The van der Waals surface area contributed by atoms with Crippen LogP contribution in [0.4, 0.5) is 11.6 Å². The maximum atomic E-state index is 9.68. The standard InChI is InChI=1S/C11H18N4O2/c1-11(2)6(4-7(11)16)15-10-8(17-3)9(12)13-5-14-10/h5-7,16H,4H2,1-3H3,(H3,12,13,14,15). The molecule has 1 fully saturated rings. The van der Waals surface area contributed by atoms with Crippen LogP contribution in [0.3, 0.4) is 0 Å². The first kappa shape index (κ1) is 11.9. The van der Waals surface area contributed by atoms with E-state index in [2.05, 4.69) is 15.3 Å². The first-order valence-corrected chi connectivity index (χ1v) is 5.56. The molecule has 6 nitrogen and oxygen atoms in total. The number of nitrogens with one attached hydrogen (secondary N) is 1. The van der Waals surface area contributed by atoms with Gasteiger partial charge in [-0.1, -0.05) is 13.8 Å². The molecule has 0 amide bonds. The summed E-state index contributed by atoms with van der Waals surface area (Å²) in [5.41, 5.74) is 5.52. The van der Waals surface area contributed by atoms with Gasteiger partial charge in [-0.15, -0.1) is 0 Å². The van der Waals surface area contributed by atoms with Gasteiger partial charge in [0, 0.05) is 11.5 Å². The van der Waals surface area contributed by atoms with E-state index in [0.29, 0.717) is 23.8 Å². The zero-order valence-electron chi connectivity index (χ0n) is 10.3. The molecule has 2 rings (SSSR count). The van der Waals surface area contributed by atoms with Crippen LogP contribution < -0.4 is 15.8 Å². The fourth-order valence-corrected chi connectivity index (χ4v) is 2.00. The summed E-state index contributed by atoms with van der Waals surface area (Å²) in [7, 11) is 1.53. The summed E-state index contributed by atoms with van der Waals surface area (Å²) in [6.45, 7) is 4.02. The molecule has 0 spiro atoms. The smallest absolute Gasteiger partial charge is 0.203 e. The number of nitrogens with two attached hydrogens (primary N) is 1. The van der Waals surface area contributed by atoms with E-state index in [-0.39, 0.29) is 17.6 Å². The Kier molecular flexibility index (Phi) is 2.82. The Bertz CT molecular complexity index is 422. The number of methoxy groups -OCH3 is 1. The third-order valence-electron chi connectivity index (χ3n) is 3.56. The van der Waals surface area contributed by atoms with Crippen molar-refractivity contribution in [3.63, 3.8) is 0 Å². The lowest BCUT2D eigenvalue weighted by atomic mass is 9.64. The Balaban J connectivity index is 2.18. The Morgan fingerprint density at radius 2 is 2.24 bits per heavy atom. The highest BCUT2D eigenvalue weighted by atomic mass is 16.5. The minimum Gasteiger partial charge on any atom is -0.490 e. The molecule has 1 aromatic heterocycles. The second-order valence-electron chi connectivity index (χ2n) is 4.91. The zero-order valence-corrected chi connectivity index (χ0v) is 10.3. The highest BCUT2D eigenvalue weighted by molar-refractivity contribution is 5.61. The summed E-state index contributed by atoms with van der Waals surface area (Å²) in [5, 5.41) is 12.9. The summed E-state index contributed by atoms with van der Waals surface area (Å²) >= 11 is 0. The highest BCUT2D eigenvalue weighted by Crippen LogP contribution is 2.43. The number of hydrogen-bond donors (Lipinski definition) is 3. The molecule has 1 aliphatic carbocycles. The van der Waals surface area contributed by atoms with Crippen LogP contribution in [-0.4, -0.2) is 34.3 Å². The van der Waals surface area contributed by atoms with Crippen molar-refractivity contribution in [2.75, 3.05) is 18.2 Å². The van der Waals surface area contributed by atoms with Crippen molar-refractivity contribution in [1.82, 2.24) is 9.97 Å². The lowest BCUT2D eigenvalue weighted by Gasteiger charge is -2.49. The van der Waals surface area contributed by atoms with Gasteiger partial charge in [-0.05, 0) is 6.42 Å². The molecule has 17 heavy (non-hydrogen) atoms. The Morgan fingerprint density at radius 1 is 1.53 bits per heavy atom. The number of nitrogens with zero attached hydrogens (tertiary/aromatic N) is 2. The quantitative estimate of drug-likeness (QED) is 0.715. The van der Waals surface area contributed by atoms with E-state index in [1.165, 1.54) is 13.4 Å². The minimum atomic E-state index is -0.287. The SMILES string of the molecule is COc1c(N)ncnc1NC1CC(O)C1(C)C. The van der Waals surface area contributed by atoms with Crippen molar-refractivity contribution in [3.05, 3.63) is 6.33 Å². The van der Waals surface area contributed by atoms with Crippen molar-refractivity contribution >= 4 is 11.6 Å². The van der Waals surface area contributed by atoms with E-state index >= 15 is 0 Å². The number of hydrogen-bond acceptors (Lipinski definition) is 6. The van der Waals surface area contributed by atoms with Crippen molar-refractivity contribution in [2.24, 2.45) is 5.41 Å². The van der Waals surface area contributed by atoms with E-state index in [1.807, 2.05) is 13.8 Å². The maximum absolute atomic E-state index is 9.68. The number of aromatic nitrogens is 2. The van der Waals surface area contributed by atoms with Gasteiger partial charge < -0.3 is 20.9 Å². The van der Waals surface area contributed by atoms with E-state index in [9.17, 15) is 5.11 Å². The second-order valence-corrected chi connectivity index (χ2v) is 4.91. The topological polar surface area (TPSA) is 93.3 Å². The average Bonchev–Trinajstić information content (AvgIpc) is 2.29. The predicted molar refractivity (Wildman–Crippen MR) is 64.8 cm³/mol. The molecule has 1 heterocycles. The molecule has 0 bridgehead atoms. The fourth-order valence-electron chi connectivity index (χ4n) is 2.00. The van der Waals surface area contributed by atoms with Gasteiger partial charge in [0.2, 0.25) is 5.75 Å². The molecule has 1 aromatic rings. The molecule has 6 heteroatoms. The normalized spacial score (nSPS) is 26.1. The molecule has 1 aliphatic rings. The second kappa shape index (κ2) is 4.03. The lowest BCUT2D eigenvalue weighted by Crippen LogP contribution is -2.57. The van der Waals surface area contributed by atoms with Gasteiger partial charge in [-0.2, -0.15) is 0 Å². The molecule has 0 radical (unpaired) electrons. The Hall–Kier alpha value is -1.56. The Labute approximate surface area is 100 Å². The molecule has 0 aliphatic heterocycles. The van der Waals surface area contributed by atoms with Crippen LogP contribution in [0.1, 0.15) is 20.3 Å². The largest absolute Gasteiger partial charge is 0.490 e. The first-order chi connectivity index (χ1) is 7.96. The summed E-state index contributed by atoms with van der Waals surface area (Å²) < 4.78 is 5.17. The van der Waals surface area contributed by atoms with Crippen LogP contribution >= 0.6 is 0 Å². The van der Waals surface area contributed by atoms with Gasteiger partial charge in [-0.3, -0.25) is 0 Å². The molecule has 1 saturated carbocycles. The van der Waals surface area contributed by atoms with Crippen LogP contribution in [0.15, 0.2) is 6.33 Å². The van der Waals surface area contributed by atoms with Crippen molar-refractivity contribution in [1.29, 1.82) is 0 Å².